The number of carbonyl (C=O) groups is 2. The zero-order valence-electron chi connectivity index (χ0n) is 13.4. The third kappa shape index (κ3) is 3.54. The molecule has 24 heavy (non-hydrogen) atoms. The van der Waals surface area contributed by atoms with Gasteiger partial charge in [-0.1, -0.05) is 17.7 Å². The minimum atomic E-state index is -0.610. The molecule has 0 atom stereocenters. The summed E-state index contributed by atoms with van der Waals surface area (Å²) in [5.41, 5.74) is -0.0858. The number of nitrogens with zero attached hydrogens (tertiary/aromatic N) is 2. The molecule has 1 aromatic rings. The van der Waals surface area contributed by atoms with Gasteiger partial charge in [0.2, 0.25) is 5.91 Å². The SMILES string of the molecule is O=C(c1c(F)cccc1Cl)N1CCN(C(=O)C2CCNCC2)CC1. The molecule has 0 spiro atoms. The Morgan fingerprint density at radius 3 is 2.33 bits per heavy atom. The maximum atomic E-state index is 13.9. The summed E-state index contributed by atoms with van der Waals surface area (Å²) in [6.45, 7) is 3.53. The molecule has 1 N–H and O–H groups in total. The zero-order chi connectivity index (χ0) is 17.1. The van der Waals surface area contributed by atoms with E-state index >= 15 is 0 Å². The van der Waals surface area contributed by atoms with Crippen molar-refractivity contribution in [2.45, 2.75) is 12.8 Å². The highest BCUT2D eigenvalue weighted by Gasteiger charge is 2.31. The summed E-state index contributed by atoms with van der Waals surface area (Å²) in [5.74, 6) is -0.769. The van der Waals surface area contributed by atoms with Crippen LogP contribution in [0.4, 0.5) is 4.39 Å². The van der Waals surface area contributed by atoms with E-state index < -0.39 is 11.7 Å². The fourth-order valence-electron chi connectivity index (χ4n) is 3.32. The molecular weight excluding hydrogens is 333 g/mol. The molecule has 7 heteroatoms. The van der Waals surface area contributed by atoms with Crippen LogP contribution in [-0.2, 0) is 4.79 Å². The molecule has 2 aliphatic rings. The van der Waals surface area contributed by atoms with Gasteiger partial charge < -0.3 is 15.1 Å². The van der Waals surface area contributed by atoms with Crippen LogP contribution in [0.2, 0.25) is 5.02 Å². The molecule has 2 saturated heterocycles. The Labute approximate surface area is 145 Å². The second kappa shape index (κ2) is 7.49. The van der Waals surface area contributed by atoms with Gasteiger partial charge in [-0.15, -0.1) is 0 Å². The topological polar surface area (TPSA) is 52.7 Å². The van der Waals surface area contributed by atoms with Crippen molar-refractivity contribution >= 4 is 23.4 Å². The molecule has 0 radical (unpaired) electrons. The standard InChI is InChI=1S/C17H21ClFN3O2/c18-13-2-1-3-14(19)15(13)17(24)22-10-8-21(9-11-22)16(23)12-4-6-20-7-5-12/h1-3,12,20H,4-11H2. The third-order valence-corrected chi connectivity index (χ3v) is 5.06. The van der Waals surface area contributed by atoms with E-state index in [1.165, 1.54) is 18.2 Å². The monoisotopic (exact) mass is 353 g/mol. The van der Waals surface area contributed by atoms with Gasteiger partial charge in [0, 0.05) is 32.1 Å². The first-order valence-corrected chi connectivity index (χ1v) is 8.68. The largest absolute Gasteiger partial charge is 0.339 e. The highest BCUT2D eigenvalue weighted by Crippen LogP contribution is 2.22. The normalized spacial score (nSPS) is 19.4. The quantitative estimate of drug-likeness (QED) is 0.881. The average molecular weight is 354 g/mol. The van der Waals surface area contributed by atoms with E-state index in [0.717, 1.165) is 25.9 Å². The summed E-state index contributed by atoms with van der Waals surface area (Å²) in [7, 11) is 0. The van der Waals surface area contributed by atoms with Crippen LogP contribution < -0.4 is 5.32 Å². The van der Waals surface area contributed by atoms with Crippen LogP contribution in [0.5, 0.6) is 0 Å². The van der Waals surface area contributed by atoms with E-state index in [0.29, 0.717) is 26.2 Å². The van der Waals surface area contributed by atoms with Crippen molar-refractivity contribution in [1.29, 1.82) is 0 Å². The van der Waals surface area contributed by atoms with Gasteiger partial charge in [0.15, 0.2) is 0 Å². The molecule has 1 aromatic carbocycles. The Hall–Kier alpha value is -1.66. The van der Waals surface area contributed by atoms with Crippen LogP contribution in [0.1, 0.15) is 23.2 Å². The van der Waals surface area contributed by atoms with Gasteiger partial charge in [-0.2, -0.15) is 0 Å². The minimum absolute atomic E-state index is 0.0783. The smallest absolute Gasteiger partial charge is 0.258 e. The third-order valence-electron chi connectivity index (χ3n) is 4.74. The number of nitrogens with one attached hydrogen (secondary N) is 1. The summed E-state index contributed by atoms with van der Waals surface area (Å²) in [6, 6.07) is 4.22. The molecule has 2 aliphatic heterocycles. The lowest BCUT2D eigenvalue weighted by Gasteiger charge is -2.37. The first-order chi connectivity index (χ1) is 11.6. The predicted molar refractivity (Wildman–Crippen MR) is 89.5 cm³/mol. The van der Waals surface area contributed by atoms with Gasteiger partial charge >= 0.3 is 0 Å². The number of rotatable bonds is 2. The molecule has 0 unspecified atom stereocenters. The molecule has 0 aliphatic carbocycles. The van der Waals surface area contributed by atoms with Crippen molar-refractivity contribution in [2.24, 2.45) is 5.92 Å². The summed E-state index contributed by atoms with van der Waals surface area (Å²) in [4.78, 5) is 28.4. The summed E-state index contributed by atoms with van der Waals surface area (Å²) < 4.78 is 13.9. The Morgan fingerprint density at radius 1 is 1.08 bits per heavy atom. The highest BCUT2D eigenvalue weighted by atomic mass is 35.5. The first-order valence-electron chi connectivity index (χ1n) is 8.30. The van der Waals surface area contributed by atoms with Crippen LogP contribution in [0.3, 0.4) is 0 Å². The summed E-state index contributed by atoms with van der Waals surface area (Å²) in [5, 5.41) is 3.37. The molecule has 0 saturated carbocycles. The van der Waals surface area contributed by atoms with Crippen molar-refractivity contribution in [3.8, 4) is 0 Å². The summed E-state index contributed by atoms with van der Waals surface area (Å²) in [6.07, 6.45) is 1.73. The lowest BCUT2D eigenvalue weighted by atomic mass is 9.96. The predicted octanol–water partition coefficient (Wildman–Crippen LogP) is 1.76. The van der Waals surface area contributed by atoms with E-state index in [9.17, 15) is 14.0 Å². The van der Waals surface area contributed by atoms with Gasteiger partial charge in [0.05, 0.1) is 10.6 Å². The van der Waals surface area contributed by atoms with Crippen molar-refractivity contribution in [1.82, 2.24) is 15.1 Å². The van der Waals surface area contributed by atoms with Crippen LogP contribution in [0.15, 0.2) is 18.2 Å². The number of hydrogen-bond acceptors (Lipinski definition) is 3. The number of carbonyl (C=O) groups excluding carboxylic acids is 2. The van der Waals surface area contributed by atoms with Gasteiger partial charge in [-0.3, -0.25) is 9.59 Å². The van der Waals surface area contributed by atoms with Crippen LogP contribution in [-0.4, -0.2) is 60.9 Å². The number of halogens is 2. The Balaban J connectivity index is 1.60. The molecule has 2 heterocycles. The van der Waals surface area contributed by atoms with E-state index in [2.05, 4.69) is 5.32 Å². The second-order valence-corrected chi connectivity index (χ2v) is 6.65. The Morgan fingerprint density at radius 2 is 1.71 bits per heavy atom. The Kier molecular flexibility index (Phi) is 5.36. The van der Waals surface area contributed by atoms with E-state index in [4.69, 9.17) is 11.6 Å². The molecule has 5 nitrogen and oxygen atoms in total. The molecule has 0 bridgehead atoms. The first kappa shape index (κ1) is 17.2. The number of piperazine rings is 1. The molecule has 2 amide bonds. The van der Waals surface area contributed by atoms with Crippen LogP contribution >= 0.6 is 11.6 Å². The number of benzene rings is 1. The van der Waals surface area contributed by atoms with Crippen molar-refractivity contribution in [2.75, 3.05) is 39.3 Å². The van der Waals surface area contributed by atoms with Gasteiger partial charge in [0.1, 0.15) is 5.82 Å². The highest BCUT2D eigenvalue weighted by molar-refractivity contribution is 6.33. The Bertz CT molecular complexity index is 606. The van der Waals surface area contributed by atoms with Crippen molar-refractivity contribution < 1.29 is 14.0 Å². The van der Waals surface area contributed by atoms with E-state index in [1.54, 1.807) is 4.90 Å². The molecule has 130 valence electrons. The maximum Gasteiger partial charge on any atom is 0.258 e. The fourth-order valence-corrected chi connectivity index (χ4v) is 3.56. The van der Waals surface area contributed by atoms with Crippen molar-refractivity contribution in [3.05, 3.63) is 34.6 Å². The van der Waals surface area contributed by atoms with E-state index in [-0.39, 0.29) is 22.4 Å². The lowest BCUT2D eigenvalue weighted by molar-refractivity contribution is -0.137. The molecular formula is C17H21ClFN3O2. The van der Waals surface area contributed by atoms with Crippen LogP contribution in [0.25, 0.3) is 0 Å². The average Bonchev–Trinajstić information content (AvgIpc) is 2.62. The molecule has 3 rings (SSSR count). The van der Waals surface area contributed by atoms with Crippen molar-refractivity contribution in [3.63, 3.8) is 0 Å². The van der Waals surface area contributed by atoms with Gasteiger partial charge in [0.25, 0.3) is 5.91 Å². The minimum Gasteiger partial charge on any atom is -0.339 e. The number of hydrogen-bond donors (Lipinski definition) is 1. The molecule has 0 aromatic heterocycles. The van der Waals surface area contributed by atoms with Gasteiger partial charge in [-0.25, -0.2) is 4.39 Å². The van der Waals surface area contributed by atoms with E-state index in [1.807, 2.05) is 4.90 Å². The second-order valence-electron chi connectivity index (χ2n) is 6.24. The van der Waals surface area contributed by atoms with Gasteiger partial charge in [-0.05, 0) is 38.1 Å². The number of piperidine rings is 1. The lowest BCUT2D eigenvalue weighted by Crippen LogP contribution is -2.52. The molecule has 2 fully saturated rings. The maximum absolute atomic E-state index is 13.9. The fraction of sp³-hybridized carbons (Fsp3) is 0.529. The number of amides is 2. The summed E-state index contributed by atoms with van der Waals surface area (Å²) >= 11 is 5.97. The van der Waals surface area contributed by atoms with Crippen LogP contribution in [0, 0.1) is 11.7 Å². The zero-order valence-corrected chi connectivity index (χ0v) is 14.2.